The van der Waals surface area contributed by atoms with Crippen LogP contribution in [0, 0.1) is 5.92 Å². The third-order valence-electron chi connectivity index (χ3n) is 4.30. The highest BCUT2D eigenvalue weighted by Gasteiger charge is 2.29. The molecular weight excluding hydrogens is 320 g/mol. The first-order valence-corrected chi connectivity index (χ1v) is 8.41. The number of hydrogen-bond donors (Lipinski definition) is 1. The third-order valence-corrected chi connectivity index (χ3v) is 4.30. The number of carbonyl (C=O) groups excluding carboxylic acids is 3. The van der Waals surface area contributed by atoms with Crippen molar-refractivity contribution in [2.24, 2.45) is 5.92 Å². The fourth-order valence-electron chi connectivity index (χ4n) is 2.84. The van der Waals surface area contributed by atoms with Crippen LogP contribution in [0.1, 0.15) is 25.3 Å². The number of piperidine rings is 1. The van der Waals surface area contributed by atoms with E-state index in [2.05, 4.69) is 5.32 Å². The van der Waals surface area contributed by atoms with Gasteiger partial charge in [-0.3, -0.25) is 14.4 Å². The number of hydrogen-bond acceptors (Lipinski definition) is 4. The summed E-state index contributed by atoms with van der Waals surface area (Å²) in [5.41, 5.74) is 0.918. The molecular formula is C19H24N2O4. The van der Waals surface area contributed by atoms with E-state index in [1.165, 1.54) is 13.2 Å². The predicted molar refractivity (Wildman–Crippen MR) is 94.4 cm³/mol. The average Bonchev–Trinajstić information content (AvgIpc) is 2.66. The van der Waals surface area contributed by atoms with Gasteiger partial charge in [-0.25, -0.2) is 0 Å². The van der Waals surface area contributed by atoms with E-state index >= 15 is 0 Å². The molecule has 1 aliphatic rings. The van der Waals surface area contributed by atoms with Crippen molar-refractivity contribution >= 4 is 23.9 Å². The van der Waals surface area contributed by atoms with E-state index in [1.807, 2.05) is 30.3 Å². The normalized spacial score (nSPS) is 16.5. The van der Waals surface area contributed by atoms with Crippen LogP contribution in [0.15, 0.2) is 36.4 Å². The average molecular weight is 344 g/mol. The summed E-state index contributed by atoms with van der Waals surface area (Å²) in [4.78, 5) is 37.6. The van der Waals surface area contributed by atoms with Gasteiger partial charge in [0.05, 0.1) is 13.0 Å². The largest absolute Gasteiger partial charge is 0.469 e. The summed E-state index contributed by atoms with van der Waals surface area (Å²) in [5.74, 6) is -0.814. The van der Waals surface area contributed by atoms with Gasteiger partial charge in [0.1, 0.15) is 6.04 Å². The molecule has 1 saturated heterocycles. The van der Waals surface area contributed by atoms with Crippen molar-refractivity contribution in [3.05, 3.63) is 42.0 Å². The number of likely N-dealkylation sites (tertiary alicyclic amines) is 1. The second kappa shape index (κ2) is 9.01. The zero-order chi connectivity index (χ0) is 18.2. The number of methoxy groups -OCH3 is 1. The Hall–Kier alpha value is -2.63. The number of ether oxygens (including phenoxy) is 1. The molecule has 0 aliphatic carbocycles. The van der Waals surface area contributed by atoms with Crippen molar-refractivity contribution in [2.45, 2.75) is 25.8 Å². The SMILES string of the molecule is COC(=O)C1CCN(C(=O)C(C)NC(=O)/C=C/c2ccccc2)CC1. The van der Waals surface area contributed by atoms with Gasteiger partial charge < -0.3 is 15.0 Å². The molecule has 0 saturated carbocycles. The molecule has 1 N–H and O–H groups in total. The van der Waals surface area contributed by atoms with E-state index in [4.69, 9.17) is 4.74 Å². The fourth-order valence-corrected chi connectivity index (χ4v) is 2.84. The maximum atomic E-state index is 12.4. The van der Waals surface area contributed by atoms with Crippen molar-refractivity contribution in [1.29, 1.82) is 0 Å². The Morgan fingerprint density at radius 1 is 1.20 bits per heavy atom. The quantitative estimate of drug-likeness (QED) is 0.650. The van der Waals surface area contributed by atoms with Crippen LogP contribution in [0.25, 0.3) is 6.08 Å². The summed E-state index contributed by atoms with van der Waals surface area (Å²) in [7, 11) is 1.38. The number of rotatable bonds is 5. The summed E-state index contributed by atoms with van der Waals surface area (Å²) in [6.45, 7) is 2.67. The first-order valence-electron chi connectivity index (χ1n) is 8.41. The summed E-state index contributed by atoms with van der Waals surface area (Å²) >= 11 is 0. The lowest BCUT2D eigenvalue weighted by Gasteiger charge is -2.32. The van der Waals surface area contributed by atoms with E-state index in [0.717, 1.165) is 5.56 Å². The summed E-state index contributed by atoms with van der Waals surface area (Å²) in [6, 6.07) is 8.86. The van der Waals surface area contributed by atoms with Gasteiger partial charge in [-0.2, -0.15) is 0 Å². The van der Waals surface area contributed by atoms with Crippen LogP contribution in [0.2, 0.25) is 0 Å². The number of nitrogens with zero attached hydrogens (tertiary/aromatic N) is 1. The van der Waals surface area contributed by atoms with Crippen molar-refractivity contribution in [1.82, 2.24) is 10.2 Å². The topological polar surface area (TPSA) is 75.7 Å². The monoisotopic (exact) mass is 344 g/mol. The molecule has 134 valence electrons. The maximum absolute atomic E-state index is 12.4. The molecule has 0 aromatic heterocycles. The van der Waals surface area contributed by atoms with Crippen LogP contribution in [-0.4, -0.2) is 48.9 Å². The molecule has 6 nitrogen and oxygen atoms in total. The second-order valence-corrected chi connectivity index (χ2v) is 6.10. The minimum Gasteiger partial charge on any atom is -0.469 e. The zero-order valence-corrected chi connectivity index (χ0v) is 14.6. The van der Waals surface area contributed by atoms with Gasteiger partial charge in [0, 0.05) is 19.2 Å². The molecule has 2 amide bonds. The first-order chi connectivity index (χ1) is 12.0. The van der Waals surface area contributed by atoms with Crippen LogP contribution in [0.4, 0.5) is 0 Å². The van der Waals surface area contributed by atoms with Gasteiger partial charge in [-0.05, 0) is 31.4 Å². The number of carbonyl (C=O) groups is 3. The molecule has 1 unspecified atom stereocenters. The summed E-state index contributed by atoms with van der Waals surface area (Å²) in [5, 5.41) is 2.68. The predicted octanol–water partition coefficient (Wildman–Crippen LogP) is 1.62. The highest BCUT2D eigenvalue weighted by Crippen LogP contribution is 2.19. The lowest BCUT2D eigenvalue weighted by Crippen LogP contribution is -2.49. The number of benzene rings is 1. The zero-order valence-electron chi connectivity index (χ0n) is 14.6. The van der Waals surface area contributed by atoms with Crippen LogP contribution < -0.4 is 5.32 Å². The van der Waals surface area contributed by atoms with Gasteiger partial charge in [-0.1, -0.05) is 30.3 Å². The minimum atomic E-state index is -0.609. The van der Waals surface area contributed by atoms with Crippen LogP contribution in [0.5, 0.6) is 0 Å². The Kier molecular flexibility index (Phi) is 6.74. The molecule has 0 radical (unpaired) electrons. The van der Waals surface area contributed by atoms with Gasteiger partial charge in [0.25, 0.3) is 0 Å². The van der Waals surface area contributed by atoms with Crippen molar-refractivity contribution in [3.8, 4) is 0 Å². The van der Waals surface area contributed by atoms with Gasteiger partial charge in [-0.15, -0.1) is 0 Å². The smallest absolute Gasteiger partial charge is 0.308 e. The Labute approximate surface area is 147 Å². The van der Waals surface area contributed by atoms with Crippen LogP contribution in [-0.2, 0) is 19.1 Å². The van der Waals surface area contributed by atoms with E-state index < -0.39 is 6.04 Å². The molecule has 0 spiro atoms. The second-order valence-electron chi connectivity index (χ2n) is 6.10. The lowest BCUT2D eigenvalue weighted by molar-refractivity contribution is -0.149. The third kappa shape index (κ3) is 5.45. The highest BCUT2D eigenvalue weighted by molar-refractivity contribution is 5.95. The van der Waals surface area contributed by atoms with E-state index in [-0.39, 0.29) is 23.7 Å². The fraction of sp³-hybridized carbons (Fsp3) is 0.421. The van der Waals surface area contributed by atoms with Crippen molar-refractivity contribution in [3.63, 3.8) is 0 Å². The Bertz CT molecular complexity index is 634. The highest BCUT2D eigenvalue weighted by atomic mass is 16.5. The van der Waals surface area contributed by atoms with Crippen LogP contribution >= 0.6 is 0 Å². The standard InChI is InChI=1S/C19H24N2O4/c1-14(20-17(22)9-8-15-6-4-3-5-7-15)18(23)21-12-10-16(11-13-21)19(24)25-2/h3-9,14,16H,10-13H2,1-2H3,(H,20,22)/b9-8+. The molecule has 6 heteroatoms. The van der Waals surface area contributed by atoms with E-state index in [9.17, 15) is 14.4 Å². The molecule has 1 heterocycles. The molecule has 1 aromatic rings. The summed E-state index contributed by atoms with van der Waals surface area (Å²) < 4.78 is 4.74. The number of amides is 2. The number of nitrogens with one attached hydrogen (secondary N) is 1. The van der Waals surface area contributed by atoms with Gasteiger partial charge in [0.2, 0.25) is 11.8 Å². The Morgan fingerprint density at radius 3 is 2.44 bits per heavy atom. The maximum Gasteiger partial charge on any atom is 0.308 e. The van der Waals surface area contributed by atoms with Crippen molar-refractivity contribution < 1.29 is 19.1 Å². The molecule has 1 fully saturated rings. The minimum absolute atomic E-state index is 0.134. The lowest BCUT2D eigenvalue weighted by atomic mass is 9.96. The molecule has 25 heavy (non-hydrogen) atoms. The van der Waals surface area contributed by atoms with Crippen molar-refractivity contribution in [2.75, 3.05) is 20.2 Å². The molecule has 1 atom stereocenters. The molecule has 2 rings (SSSR count). The molecule has 1 aromatic carbocycles. The van der Waals surface area contributed by atoms with E-state index in [0.29, 0.717) is 25.9 Å². The Morgan fingerprint density at radius 2 is 1.84 bits per heavy atom. The summed E-state index contributed by atoms with van der Waals surface area (Å²) in [6.07, 6.45) is 4.30. The van der Waals surface area contributed by atoms with Gasteiger partial charge >= 0.3 is 5.97 Å². The Balaban J connectivity index is 1.81. The van der Waals surface area contributed by atoms with Crippen LogP contribution in [0.3, 0.4) is 0 Å². The molecule has 0 bridgehead atoms. The van der Waals surface area contributed by atoms with Gasteiger partial charge in [0.15, 0.2) is 0 Å². The molecule has 1 aliphatic heterocycles. The number of esters is 1. The first kappa shape index (κ1) is 18.7. The van der Waals surface area contributed by atoms with E-state index in [1.54, 1.807) is 17.9 Å².